The lowest BCUT2D eigenvalue weighted by Crippen LogP contribution is -2.31. The molecule has 1 aliphatic heterocycles. The van der Waals surface area contributed by atoms with E-state index in [4.69, 9.17) is 30.5 Å². The summed E-state index contributed by atoms with van der Waals surface area (Å²) in [6, 6.07) is 4.78. The van der Waals surface area contributed by atoms with E-state index in [1.807, 2.05) is 0 Å². The Hall–Kier alpha value is -2.41. The minimum absolute atomic E-state index is 0.0729. The molecule has 0 radical (unpaired) electrons. The Morgan fingerprint density at radius 3 is 2.78 bits per heavy atom. The number of benzene rings is 1. The number of nitrogens with one attached hydrogen (secondary N) is 1. The summed E-state index contributed by atoms with van der Waals surface area (Å²) >= 11 is 5.89. The highest BCUT2D eigenvalue weighted by Gasteiger charge is 2.24. The monoisotopic (exact) mass is 341 g/mol. The highest BCUT2D eigenvalue weighted by Crippen LogP contribution is 2.27. The van der Waals surface area contributed by atoms with E-state index >= 15 is 0 Å². The number of esters is 1. The number of methoxy groups -OCH3 is 1. The van der Waals surface area contributed by atoms with Crippen LogP contribution in [0.25, 0.3) is 0 Å². The van der Waals surface area contributed by atoms with Gasteiger partial charge in [-0.05, 0) is 25.1 Å². The van der Waals surface area contributed by atoms with Crippen molar-refractivity contribution < 1.29 is 28.5 Å². The van der Waals surface area contributed by atoms with Gasteiger partial charge in [-0.25, -0.2) is 4.79 Å². The largest absolute Gasteiger partial charge is 0.495 e. The maximum Gasteiger partial charge on any atom is 0.377 e. The molecule has 1 atom stereocenters. The van der Waals surface area contributed by atoms with E-state index in [1.165, 1.54) is 20.1 Å². The Labute approximate surface area is 138 Å². The summed E-state index contributed by atoms with van der Waals surface area (Å²) in [5.74, 6) is -0.939. The van der Waals surface area contributed by atoms with Crippen LogP contribution in [-0.4, -0.2) is 38.3 Å². The van der Waals surface area contributed by atoms with Gasteiger partial charge in [-0.15, -0.1) is 0 Å². The SMILES string of the molecule is COc1ccc(Cl)cc1NC(=O)[C@H](C)OC(=O)C1=COCCO1. The molecule has 124 valence electrons. The number of ether oxygens (including phenoxy) is 4. The van der Waals surface area contributed by atoms with Gasteiger partial charge in [0.05, 0.1) is 12.8 Å². The molecule has 2 rings (SSSR count). The van der Waals surface area contributed by atoms with Crippen LogP contribution < -0.4 is 10.1 Å². The molecule has 1 aliphatic rings. The average Bonchev–Trinajstić information content (AvgIpc) is 2.55. The molecule has 0 saturated carbocycles. The molecule has 0 aromatic heterocycles. The van der Waals surface area contributed by atoms with Gasteiger partial charge in [0.25, 0.3) is 5.91 Å². The topological polar surface area (TPSA) is 83.1 Å². The highest BCUT2D eigenvalue weighted by molar-refractivity contribution is 6.31. The smallest absolute Gasteiger partial charge is 0.377 e. The van der Waals surface area contributed by atoms with Crippen molar-refractivity contribution in [3.05, 3.63) is 35.2 Å². The second-order valence-electron chi connectivity index (χ2n) is 4.58. The zero-order chi connectivity index (χ0) is 16.8. The molecule has 0 bridgehead atoms. The lowest BCUT2D eigenvalue weighted by molar-refractivity contribution is -0.153. The van der Waals surface area contributed by atoms with E-state index in [-0.39, 0.29) is 12.4 Å². The van der Waals surface area contributed by atoms with Crippen molar-refractivity contribution in [2.45, 2.75) is 13.0 Å². The standard InChI is InChI=1S/C15H16ClNO6/c1-9(23-15(19)13-8-21-5-6-22-13)14(18)17-11-7-10(16)3-4-12(11)20-2/h3-4,7-9H,5-6H2,1-2H3,(H,17,18)/t9-/m0/s1. The first-order valence-corrected chi connectivity index (χ1v) is 7.19. The molecule has 1 aromatic carbocycles. The first-order chi connectivity index (χ1) is 11.0. The summed E-state index contributed by atoms with van der Waals surface area (Å²) in [7, 11) is 1.47. The molecule has 0 saturated heterocycles. The quantitative estimate of drug-likeness (QED) is 0.826. The number of hydrogen-bond donors (Lipinski definition) is 1. The second-order valence-corrected chi connectivity index (χ2v) is 5.02. The first kappa shape index (κ1) is 17.0. The average molecular weight is 342 g/mol. The normalized spacial score (nSPS) is 14.7. The predicted molar refractivity (Wildman–Crippen MR) is 82.2 cm³/mol. The van der Waals surface area contributed by atoms with Crippen LogP contribution in [-0.2, 0) is 23.8 Å². The Morgan fingerprint density at radius 2 is 2.13 bits per heavy atom. The van der Waals surface area contributed by atoms with Crippen molar-refractivity contribution in [1.82, 2.24) is 0 Å². The number of amides is 1. The molecule has 1 N–H and O–H groups in total. The molecular formula is C15H16ClNO6. The van der Waals surface area contributed by atoms with Crippen molar-refractivity contribution in [2.75, 3.05) is 25.6 Å². The van der Waals surface area contributed by atoms with Crippen LogP contribution in [0.4, 0.5) is 5.69 Å². The molecule has 0 unspecified atom stereocenters. The van der Waals surface area contributed by atoms with Gasteiger partial charge in [0, 0.05) is 5.02 Å². The van der Waals surface area contributed by atoms with Crippen LogP contribution in [0.2, 0.25) is 5.02 Å². The van der Waals surface area contributed by atoms with E-state index in [9.17, 15) is 9.59 Å². The summed E-state index contributed by atoms with van der Waals surface area (Å²) < 4.78 is 20.2. The van der Waals surface area contributed by atoms with Gasteiger partial charge in [0.15, 0.2) is 6.10 Å². The maximum absolute atomic E-state index is 12.1. The zero-order valence-electron chi connectivity index (χ0n) is 12.6. The molecule has 1 heterocycles. The Morgan fingerprint density at radius 1 is 1.35 bits per heavy atom. The van der Waals surface area contributed by atoms with Crippen molar-refractivity contribution in [3.8, 4) is 5.75 Å². The molecule has 1 amide bonds. The van der Waals surface area contributed by atoms with Gasteiger partial charge in [-0.2, -0.15) is 0 Å². The molecule has 0 fully saturated rings. The van der Waals surface area contributed by atoms with Crippen LogP contribution in [0.15, 0.2) is 30.2 Å². The van der Waals surface area contributed by atoms with E-state index in [1.54, 1.807) is 12.1 Å². The van der Waals surface area contributed by atoms with Gasteiger partial charge < -0.3 is 24.3 Å². The fourth-order valence-electron chi connectivity index (χ4n) is 1.76. The number of anilines is 1. The highest BCUT2D eigenvalue weighted by atomic mass is 35.5. The number of halogens is 1. The van der Waals surface area contributed by atoms with Crippen molar-refractivity contribution in [2.24, 2.45) is 0 Å². The van der Waals surface area contributed by atoms with Gasteiger partial charge in [-0.3, -0.25) is 4.79 Å². The number of rotatable bonds is 5. The zero-order valence-corrected chi connectivity index (χ0v) is 13.4. The molecule has 7 nitrogen and oxygen atoms in total. The molecular weight excluding hydrogens is 326 g/mol. The second kappa shape index (κ2) is 7.73. The molecule has 23 heavy (non-hydrogen) atoms. The Balaban J connectivity index is 1.98. The van der Waals surface area contributed by atoms with E-state index in [0.29, 0.717) is 23.1 Å². The van der Waals surface area contributed by atoms with Crippen LogP contribution >= 0.6 is 11.6 Å². The molecule has 0 aliphatic carbocycles. The fraction of sp³-hybridized carbons (Fsp3) is 0.333. The summed E-state index contributed by atoms with van der Waals surface area (Å²) in [4.78, 5) is 24.0. The maximum atomic E-state index is 12.1. The summed E-state index contributed by atoms with van der Waals surface area (Å²) in [6.45, 7) is 2.05. The van der Waals surface area contributed by atoms with Gasteiger partial charge in [0.2, 0.25) is 5.76 Å². The summed E-state index contributed by atoms with van der Waals surface area (Å²) in [6.07, 6.45) is 0.119. The summed E-state index contributed by atoms with van der Waals surface area (Å²) in [5, 5.41) is 3.03. The first-order valence-electron chi connectivity index (χ1n) is 6.81. The van der Waals surface area contributed by atoms with E-state index < -0.39 is 18.0 Å². The molecule has 1 aromatic rings. The van der Waals surface area contributed by atoms with Crippen LogP contribution in [0.3, 0.4) is 0 Å². The third-order valence-electron chi connectivity index (χ3n) is 2.92. The summed E-state index contributed by atoms with van der Waals surface area (Å²) in [5.41, 5.74) is 0.379. The van der Waals surface area contributed by atoms with E-state index in [0.717, 1.165) is 6.26 Å². The van der Waals surface area contributed by atoms with Crippen LogP contribution in [0.5, 0.6) is 5.75 Å². The predicted octanol–water partition coefficient (Wildman–Crippen LogP) is 2.11. The van der Waals surface area contributed by atoms with Gasteiger partial charge in [0.1, 0.15) is 25.2 Å². The lowest BCUT2D eigenvalue weighted by Gasteiger charge is -2.18. The minimum atomic E-state index is -1.04. The third kappa shape index (κ3) is 4.53. The fourth-order valence-corrected chi connectivity index (χ4v) is 1.93. The lowest BCUT2D eigenvalue weighted by atomic mass is 10.2. The van der Waals surface area contributed by atoms with Crippen molar-refractivity contribution in [3.63, 3.8) is 0 Å². The number of carbonyl (C=O) groups excluding carboxylic acids is 2. The van der Waals surface area contributed by atoms with Crippen molar-refractivity contribution >= 4 is 29.2 Å². The van der Waals surface area contributed by atoms with Gasteiger partial charge >= 0.3 is 5.97 Å². The molecule has 8 heteroatoms. The minimum Gasteiger partial charge on any atom is -0.495 e. The Kier molecular flexibility index (Phi) is 5.70. The van der Waals surface area contributed by atoms with Crippen molar-refractivity contribution in [1.29, 1.82) is 0 Å². The van der Waals surface area contributed by atoms with Crippen LogP contribution in [0, 0.1) is 0 Å². The van der Waals surface area contributed by atoms with Crippen LogP contribution in [0.1, 0.15) is 6.92 Å². The molecule has 0 spiro atoms. The number of hydrogen-bond acceptors (Lipinski definition) is 6. The third-order valence-corrected chi connectivity index (χ3v) is 3.16. The van der Waals surface area contributed by atoms with E-state index in [2.05, 4.69) is 5.32 Å². The Bertz CT molecular complexity index is 630. The van der Waals surface area contributed by atoms with Gasteiger partial charge in [-0.1, -0.05) is 11.6 Å². The number of carbonyl (C=O) groups is 2.